The van der Waals surface area contributed by atoms with Crippen LogP contribution in [0.1, 0.15) is 28.7 Å². The van der Waals surface area contributed by atoms with Crippen LogP contribution in [0, 0.1) is 12.8 Å². The molecule has 0 aromatic carbocycles. The van der Waals surface area contributed by atoms with E-state index in [0.717, 1.165) is 11.5 Å². The smallest absolute Gasteiger partial charge is 0.306 e. The van der Waals surface area contributed by atoms with Crippen LogP contribution in [0.4, 0.5) is 0 Å². The quantitative estimate of drug-likeness (QED) is 0.793. The summed E-state index contributed by atoms with van der Waals surface area (Å²) in [5.41, 5.74) is 0.591. The average molecular weight is 243 g/mol. The number of aryl methyl sites for hydroxylation is 1. The molecule has 0 aliphatic heterocycles. The minimum Gasteiger partial charge on any atom is -0.481 e. The van der Waals surface area contributed by atoms with Gasteiger partial charge in [0.2, 0.25) is 0 Å². The number of nitrogens with zero attached hydrogens (tertiary/aromatic N) is 2. The van der Waals surface area contributed by atoms with E-state index < -0.39 is 11.9 Å². The number of hydrogen-bond donors (Lipinski definition) is 2. The van der Waals surface area contributed by atoms with E-state index >= 15 is 0 Å². The van der Waals surface area contributed by atoms with Crippen LogP contribution in [-0.4, -0.2) is 33.1 Å². The molecular formula is C9H13N3O3S. The van der Waals surface area contributed by atoms with Gasteiger partial charge in [-0.3, -0.25) is 9.59 Å². The Morgan fingerprint density at radius 1 is 1.56 bits per heavy atom. The molecule has 1 atom stereocenters. The Balaban J connectivity index is 2.37. The van der Waals surface area contributed by atoms with Gasteiger partial charge in [-0.2, -0.15) is 0 Å². The summed E-state index contributed by atoms with van der Waals surface area (Å²) >= 11 is 1.03. The number of hydrogen-bond acceptors (Lipinski definition) is 5. The summed E-state index contributed by atoms with van der Waals surface area (Å²) in [4.78, 5) is 22.6. The van der Waals surface area contributed by atoms with E-state index in [1.807, 2.05) is 0 Å². The second kappa shape index (κ2) is 5.55. The molecule has 1 aromatic rings. The van der Waals surface area contributed by atoms with Gasteiger partial charge in [-0.25, -0.2) is 0 Å². The van der Waals surface area contributed by atoms with E-state index in [2.05, 4.69) is 14.9 Å². The highest BCUT2D eigenvalue weighted by atomic mass is 32.1. The zero-order chi connectivity index (χ0) is 12.1. The number of rotatable bonds is 5. The third kappa shape index (κ3) is 3.27. The summed E-state index contributed by atoms with van der Waals surface area (Å²) in [6.07, 6.45) is 0.409. The maximum absolute atomic E-state index is 11.5. The molecule has 1 unspecified atom stereocenters. The Kier molecular flexibility index (Phi) is 4.36. The minimum atomic E-state index is -0.857. The fourth-order valence-electron chi connectivity index (χ4n) is 1.05. The molecule has 1 heterocycles. The van der Waals surface area contributed by atoms with Crippen LogP contribution in [-0.2, 0) is 4.79 Å². The minimum absolute atomic E-state index is 0.245. The van der Waals surface area contributed by atoms with Crippen molar-refractivity contribution in [1.82, 2.24) is 14.9 Å². The Morgan fingerprint density at radius 3 is 2.75 bits per heavy atom. The van der Waals surface area contributed by atoms with Crippen LogP contribution < -0.4 is 5.32 Å². The third-order valence-electron chi connectivity index (χ3n) is 2.14. The molecule has 88 valence electrons. The molecule has 6 nitrogen and oxygen atoms in total. The predicted octanol–water partition coefficient (Wildman–Crippen LogP) is 0.687. The lowest BCUT2D eigenvalue weighted by Crippen LogP contribution is -2.26. The summed E-state index contributed by atoms with van der Waals surface area (Å²) in [5, 5.41) is 15.0. The highest BCUT2D eigenvalue weighted by molar-refractivity contribution is 7.07. The molecule has 7 heteroatoms. The van der Waals surface area contributed by atoms with E-state index in [4.69, 9.17) is 5.11 Å². The first-order valence-electron chi connectivity index (χ1n) is 4.82. The van der Waals surface area contributed by atoms with E-state index in [1.165, 1.54) is 0 Å². The van der Waals surface area contributed by atoms with Gasteiger partial charge in [0.1, 0.15) is 4.88 Å². The summed E-state index contributed by atoms with van der Waals surface area (Å²) < 4.78 is 3.65. The first kappa shape index (κ1) is 12.6. The number of amides is 1. The van der Waals surface area contributed by atoms with Gasteiger partial charge in [-0.1, -0.05) is 11.4 Å². The van der Waals surface area contributed by atoms with Crippen molar-refractivity contribution in [2.75, 3.05) is 6.54 Å². The van der Waals surface area contributed by atoms with Crippen molar-refractivity contribution in [3.05, 3.63) is 10.6 Å². The number of carboxylic acids is 1. The van der Waals surface area contributed by atoms with Gasteiger partial charge in [0, 0.05) is 6.54 Å². The number of carbonyl (C=O) groups excluding carboxylic acids is 1. The molecule has 0 bridgehead atoms. The molecule has 0 spiro atoms. The largest absolute Gasteiger partial charge is 0.481 e. The molecule has 1 rings (SSSR count). The third-order valence-corrected chi connectivity index (χ3v) is 2.97. The Morgan fingerprint density at radius 2 is 2.25 bits per heavy atom. The van der Waals surface area contributed by atoms with E-state index in [9.17, 15) is 9.59 Å². The summed E-state index contributed by atoms with van der Waals surface area (Å²) in [7, 11) is 0. The second-order valence-corrected chi connectivity index (χ2v) is 4.23. The Hall–Kier alpha value is -1.50. The first-order valence-corrected chi connectivity index (χ1v) is 5.59. The monoisotopic (exact) mass is 243 g/mol. The number of carboxylic acid groups (broad SMARTS) is 1. The maximum Gasteiger partial charge on any atom is 0.306 e. The lowest BCUT2D eigenvalue weighted by molar-refractivity contribution is -0.141. The van der Waals surface area contributed by atoms with Crippen LogP contribution in [0.25, 0.3) is 0 Å². The Bertz CT molecular complexity index is 391. The van der Waals surface area contributed by atoms with Crippen molar-refractivity contribution >= 4 is 23.4 Å². The average Bonchev–Trinajstić information content (AvgIpc) is 2.64. The lowest BCUT2D eigenvalue weighted by atomic mass is 10.1. The van der Waals surface area contributed by atoms with Gasteiger partial charge in [0.05, 0.1) is 11.6 Å². The molecule has 1 aromatic heterocycles. The SMILES string of the molecule is Cc1nnsc1C(=O)NCCC(C)C(=O)O. The topological polar surface area (TPSA) is 92.2 Å². The molecular weight excluding hydrogens is 230 g/mol. The van der Waals surface area contributed by atoms with Gasteiger partial charge in [-0.15, -0.1) is 5.10 Å². The molecule has 0 aliphatic rings. The van der Waals surface area contributed by atoms with Crippen molar-refractivity contribution in [3.8, 4) is 0 Å². The molecule has 0 radical (unpaired) electrons. The van der Waals surface area contributed by atoms with Crippen LogP contribution in [0.5, 0.6) is 0 Å². The van der Waals surface area contributed by atoms with Gasteiger partial charge < -0.3 is 10.4 Å². The number of aliphatic carboxylic acids is 1. The maximum atomic E-state index is 11.5. The molecule has 1 amide bonds. The zero-order valence-corrected chi connectivity index (χ0v) is 9.87. The fourth-order valence-corrected chi connectivity index (χ4v) is 1.62. The van der Waals surface area contributed by atoms with Crippen LogP contribution in [0.3, 0.4) is 0 Å². The standard InChI is InChI=1S/C9H13N3O3S/c1-5(9(14)15)3-4-10-8(13)7-6(2)11-12-16-7/h5H,3-4H2,1-2H3,(H,10,13)(H,14,15). The van der Waals surface area contributed by atoms with Gasteiger partial charge in [-0.05, 0) is 24.9 Å². The first-order chi connectivity index (χ1) is 7.52. The normalized spacial score (nSPS) is 12.1. The number of carbonyl (C=O) groups is 2. The molecule has 2 N–H and O–H groups in total. The van der Waals surface area contributed by atoms with Crippen molar-refractivity contribution in [1.29, 1.82) is 0 Å². The lowest BCUT2D eigenvalue weighted by Gasteiger charge is -2.06. The van der Waals surface area contributed by atoms with Crippen LogP contribution >= 0.6 is 11.5 Å². The molecule has 0 fully saturated rings. The zero-order valence-electron chi connectivity index (χ0n) is 9.06. The molecule has 0 aliphatic carbocycles. The van der Waals surface area contributed by atoms with Crippen LogP contribution in [0.15, 0.2) is 0 Å². The van der Waals surface area contributed by atoms with Crippen LogP contribution in [0.2, 0.25) is 0 Å². The van der Waals surface area contributed by atoms with Gasteiger partial charge >= 0.3 is 5.97 Å². The van der Waals surface area contributed by atoms with Gasteiger partial charge in [0.15, 0.2) is 0 Å². The van der Waals surface area contributed by atoms with E-state index in [0.29, 0.717) is 23.5 Å². The van der Waals surface area contributed by atoms with E-state index in [-0.39, 0.29) is 5.91 Å². The molecule has 0 saturated heterocycles. The Labute approximate surface area is 96.8 Å². The fraction of sp³-hybridized carbons (Fsp3) is 0.556. The highest BCUT2D eigenvalue weighted by Gasteiger charge is 2.14. The summed E-state index contributed by atoms with van der Waals surface area (Å²) in [6, 6.07) is 0. The number of aromatic nitrogens is 2. The van der Waals surface area contributed by atoms with Gasteiger partial charge in [0.25, 0.3) is 5.91 Å². The predicted molar refractivity (Wildman–Crippen MR) is 58.4 cm³/mol. The molecule has 16 heavy (non-hydrogen) atoms. The van der Waals surface area contributed by atoms with Crippen molar-refractivity contribution in [3.63, 3.8) is 0 Å². The summed E-state index contributed by atoms with van der Waals surface area (Å²) in [5.74, 6) is -1.56. The molecule has 0 saturated carbocycles. The second-order valence-electron chi connectivity index (χ2n) is 3.47. The van der Waals surface area contributed by atoms with Crippen molar-refractivity contribution in [2.45, 2.75) is 20.3 Å². The van der Waals surface area contributed by atoms with E-state index in [1.54, 1.807) is 13.8 Å². The number of nitrogens with one attached hydrogen (secondary N) is 1. The summed E-state index contributed by atoms with van der Waals surface area (Å²) in [6.45, 7) is 3.65. The highest BCUT2D eigenvalue weighted by Crippen LogP contribution is 2.08. The van der Waals surface area contributed by atoms with Crippen molar-refractivity contribution < 1.29 is 14.7 Å². The van der Waals surface area contributed by atoms with Crippen molar-refractivity contribution in [2.24, 2.45) is 5.92 Å².